The molecule has 0 saturated carbocycles. The summed E-state index contributed by atoms with van der Waals surface area (Å²) >= 11 is 6.19. The van der Waals surface area contributed by atoms with E-state index in [1.165, 1.54) is 0 Å². The molecule has 1 saturated heterocycles. The summed E-state index contributed by atoms with van der Waals surface area (Å²) in [5, 5.41) is 0.443. The fraction of sp³-hybridized carbons (Fsp3) is 0.500. The molecule has 0 aliphatic carbocycles. The van der Waals surface area contributed by atoms with Gasteiger partial charge in [-0.2, -0.15) is 0 Å². The number of carbonyl (C=O) groups excluding carboxylic acids is 2. The fourth-order valence-corrected chi connectivity index (χ4v) is 3.28. The second-order valence-electron chi connectivity index (χ2n) is 5.86. The number of amides is 2. The van der Waals surface area contributed by atoms with E-state index in [1.807, 2.05) is 0 Å². The summed E-state index contributed by atoms with van der Waals surface area (Å²) in [6.45, 7) is 1.98. The number of halogens is 1. The van der Waals surface area contributed by atoms with Crippen LogP contribution >= 0.6 is 11.6 Å². The fourth-order valence-electron chi connectivity index (χ4n) is 2.99. The van der Waals surface area contributed by atoms with Gasteiger partial charge in [-0.25, -0.2) is 0 Å². The van der Waals surface area contributed by atoms with E-state index in [-0.39, 0.29) is 24.2 Å². The molecule has 2 aliphatic rings. The van der Waals surface area contributed by atoms with Gasteiger partial charge in [0.1, 0.15) is 13.2 Å². The van der Waals surface area contributed by atoms with Gasteiger partial charge in [0.25, 0.3) is 0 Å². The smallest absolute Gasteiger partial charge is 0.227 e. The normalized spacial score (nSPS) is 20.2. The summed E-state index contributed by atoms with van der Waals surface area (Å²) < 4.78 is 11.0. The quantitative estimate of drug-likeness (QED) is 0.902. The number of nitrogens with zero attached hydrogens (tertiary/aromatic N) is 1. The Morgan fingerprint density at radius 1 is 1.30 bits per heavy atom. The van der Waals surface area contributed by atoms with Crippen LogP contribution in [0.4, 0.5) is 0 Å². The highest BCUT2D eigenvalue weighted by Crippen LogP contribution is 2.38. The molecule has 23 heavy (non-hydrogen) atoms. The average molecular weight is 339 g/mol. The highest BCUT2D eigenvalue weighted by atomic mass is 35.5. The Labute approximate surface area is 139 Å². The number of primary amides is 1. The third-order valence-electron chi connectivity index (χ3n) is 4.19. The predicted octanol–water partition coefficient (Wildman–Crippen LogP) is 1.38. The average Bonchev–Trinajstić information content (AvgIpc) is 2.55. The standard InChI is InChI=1S/C16H19ClN2O4/c17-12-6-10(7-13-15(12)23-5-4-22-13)8-14(20)19-3-1-2-11(9-19)16(18)21/h6-7,11H,1-5,8-9H2,(H2,18,21). The summed E-state index contributed by atoms with van der Waals surface area (Å²) in [6, 6.07) is 3.51. The number of likely N-dealkylation sites (tertiary alicyclic amines) is 1. The van der Waals surface area contributed by atoms with E-state index in [0.717, 1.165) is 18.4 Å². The molecule has 7 heteroatoms. The lowest BCUT2D eigenvalue weighted by molar-refractivity contribution is -0.134. The van der Waals surface area contributed by atoms with Crippen LogP contribution in [0.1, 0.15) is 18.4 Å². The summed E-state index contributed by atoms with van der Waals surface area (Å²) in [5.74, 6) is 0.464. The number of piperidine rings is 1. The monoisotopic (exact) mass is 338 g/mol. The van der Waals surface area contributed by atoms with Gasteiger partial charge < -0.3 is 20.1 Å². The number of nitrogens with two attached hydrogens (primary N) is 1. The summed E-state index contributed by atoms with van der Waals surface area (Å²) in [5.41, 5.74) is 6.12. The van der Waals surface area contributed by atoms with Crippen LogP contribution in [0.5, 0.6) is 11.5 Å². The van der Waals surface area contributed by atoms with Gasteiger partial charge in [0.15, 0.2) is 11.5 Å². The molecule has 0 radical (unpaired) electrons. The lowest BCUT2D eigenvalue weighted by Crippen LogP contribution is -2.44. The van der Waals surface area contributed by atoms with Crippen molar-refractivity contribution in [1.82, 2.24) is 4.90 Å². The zero-order valence-corrected chi connectivity index (χ0v) is 13.5. The van der Waals surface area contributed by atoms with Crippen molar-refractivity contribution in [3.05, 3.63) is 22.7 Å². The molecule has 1 aromatic rings. The summed E-state index contributed by atoms with van der Waals surface area (Å²) in [4.78, 5) is 25.5. The maximum absolute atomic E-state index is 12.5. The third-order valence-corrected chi connectivity index (χ3v) is 4.47. The lowest BCUT2D eigenvalue weighted by atomic mass is 9.97. The Morgan fingerprint density at radius 3 is 2.87 bits per heavy atom. The van der Waals surface area contributed by atoms with Crippen LogP contribution in [0, 0.1) is 5.92 Å². The Kier molecular flexibility index (Phi) is 4.61. The third kappa shape index (κ3) is 3.52. The number of hydrogen-bond donors (Lipinski definition) is 1. The zero-order chi connectivity index (χ0) is 16.4. The largest absolute Gasteiger partial charge is 0.486 e. The molecule has 3 rings (SSSR count). The molecule has 6 nitrogen and oxygen atoms in total. The molecule has 124 valence electrons. The predicted molar refractivity (Wildman–Crippen MR) is 84.6 cm³/mol. The maximum Gasteiger partial charge on any atom is 0.227 e. The molecule has 2 aliphatic heterocycles. The van der Waals surface area contributed by atoms with Crippen LogP contribution in [0.2, 0.25) is 5.02 Å². The van der Waals surface area contributed by atoms with E-state index in [2.05, 4.69) is 0 Å². The zero-order valence-electron chi connectivity index (χ0n) is 12.7. The van der Waals surface area contributed by atoms with Gasteiger partial charge in [0, 0.05) is 13.1 Å². The molecule has 1 aromatic carbocycles. The summed E-state index contributed by atoms with van der Waals surface area (Å²) in [7, 11) is 0. The Bertz CT molecular complexity index is 635. The van der Waals surface area contributed by atoms with E-state index in [1.54, 1.807) is 17.0 Å². The van der Waals surface area contributed by atoms with Crippen molar-refractivity contribution in [3.8, 4) is 11.5 Å². The SMILES string of the molecule is NC(=O)C1CCCN(C(=O)Cc2cc(Cl)c3c(c2)OCCO3)C1. The minimum Gasteiger partial charge on any atom is -0.486 e. The first-order chi connectivity index (χ1) is 11.0. The second kappa shape index (κ2) is 6.66. The van der Waals surface area contributed by atoms with Crippen LogP contribution in [0.3, 0.4) is 0 Å². The van der Waals surface area contributed by atoms with E-state index < -0.39 is 0 Å². The van der Waals surface area contributed by atoms with Crippen molar-refractivity contribution in [1.29, 1.82) is 0 Å². The molecule has 0 bridgehead atoms. The molecule has 1 atom stereocenters. The first-order valence-corrected chi connectivity index (χ1v) is 8.07. The van der Waals surface area contributed by atoms with E-state index in [0.29, 0.717) is 42.8 Å². The number of fused-ring (bicyclic) bond motifs is 1. The first kappa shape index (κ1) is 15.9. The van der Waals surface area contributed by atoms with Crippen molar-refractivity contribution >= 4 is 23.4 Å². The van der Waals surface area contributed by atoms with Crippen molar-refractivity contribution < 1.29 is 19.1 Å². The summed E-state index contributed by atoms with van der Waals surface area (Å²) in [6.07, 6.45) is 1.75. The van der Waals surface area contributed by atoms with Crippen LogP contribution < -0.4 is 15.2 Å². The van der Waals surface area contributed by atoms with Crippen molar-refractivity contribution in [3.63, 3.8) is 0 Å². The molecule has 1 fully saturated rings. The van der Waals surface area contributed by atoms with Crippen LogP contribution in [0.25, 0.3) is 0 Å². The van der Waals surface area contributed by atoms with Crippen molar-refractivity contribution in [2.75, 3.05) is 26.3 Å². The van der Waals surface area contributed by atoms with Crippen LogP contribution in [-0.2, 0) is 16.0 Å². The molecule has 1 unspecified atom stereocenters. The molecule has 2 amide bonds. The molecular formula is C16H19ClN2O4. The Balaban J connectivity index is 1.70. The molecule has 2 heterocycles. The minimum absolute atomic E-state index is 0.0382. The molecular weight excluding hydrogens is 320 g/mol. The van der Waals surface area contributed by atoms with E-state index in [4.69, 9.17) is 26.8 Å². The number of ether oxygens (including phenoxy) is 2. The van der Waals surface area contributed by atoms with E-state index in [9.17, 15) is 9.59 Å². The van der Waals surface area contributed by atoms with Crippen molar-refractivity contribution in [2.24, 2.45) is 11.7 Å². The number of carbonyl (C=O) groups is 2. The Morgan fingerprint density at radius 2 is 2.09 bits per heavy atom. The van der Waals surface area contributed by atoms with Gasteiger partial charge in [-0.1, -0.05) is 11.6 Å². The molecule has 2 N–H and O–H groups in total. The van der Waals surface area contributed by atoms with E-state index >= 15 is 0 Å². The highest BCUT2D eigenvalue weighted by molar-refractivity contribution is 6.32. The molecule has 0 aromatic heterocycles. The lowest BCUT2D eigenvalue weighted by Gasteiger charge is -2.31. The van der Waals surface area contributed by atoms with Gasteiger partial charge in [-0.3, -0.25) is 9.59 Å². The van der Waals surface area contributed by atoms with Crippen LogP contribution in [0.15, 0.2) is 12.1 Å². The minimum atomic E-state index is -0.343. The first-order valence-electron chi connectivity index (χ1n) is 7.69. The van der Waals surface area contributed by atoms with Crippen LogP contribution in [-0.4, -0.2) is 43.0 Å². The topological polar surface area (TPSA) is 81.9 Å². The van der Waals surface area contributed by atoms with Gasteiger partial charge in [-0.15, -0.1) is 0 Å². The second-order valence-corrected chi connectivity index (χ2v) is 6.27. The highest BCUT2D eigenvalue weighted by Gasteiger charge is 2.27. The van der Waals surface area contributed by atoms with Gasteiger partial charge in [0.05, 0.1) is 17.4 Å². The number of hydrogen-bond acceptors (Lipinski definition) is 4. The van der Waals surface area contributed by atoms with Crippen molar-refractivity contribution in [2.45, 2.75) is 19.3 Å². The number of benzene rings is 1. The maximum atomic E-state index is 12.5. The van der Waals surface area contributed by atoms with Gasteiger partial charge in [-0.05, 0) is 30.5 Å². The van der Waals surface area contributed by atoms with Gasteiger partial charge in [0.2, 0.25) is 11.8 Å². The Hall–Kier alpha value is -1.95. The number of rotatable bonds is 3. The van der Waals surface area contributed by atoms with Gasteiger partial charge >= 0.3 is 0 Å². The molecule has 0 spiro atoms.